The van der Waals surface area contributed by atoms with Gasteiger partial charge in [0.1, 0.15) is 10.8 Å². The molecule has 3 aromatic rings. The summed E-state index contributed by atoms with van der Waals surface area (Å²) < 4.78 is 1.72. The second-order valence-corrected chi connectivity index (χ2v) is 4.00. The number of fused-ring (bicyclic) bond motifs is 1. The molecule has 0 amide bonds. The summed E-state index contributed by atoms with van der Waals surface area (Å²) in [5, 5.41) is 8.57. The van der Waals surface area contributed by atoms with Crippen LogP contribution in [0.15, 0.2) is 30.6 Å². The van der Waals surface area contributed by atoms with Crippen molar-refractivity contribution in [3.63, 3.8) is 0 Å². The zero-order valence-electron chi connectivity index (χ0n) is 9.00. The van der Waals surface area contributed by atoms with Crippen LogP contribution >= 0.6 is 11.6 Å². The van der Waals surface area contributed by atoms with E-state index in [0.29, 0.717) is 16.6 Å². The Labute approximate surface area is 102 Å². The third kappa shape index (κ3) is 1.64. The molecule has 3 heterocycles. The normalized spacial score (nSPS) is 10.9. The Balaban J connectivity index is 2.31. The molecule has 0 spiro atoms. The van der Waals surface area contributed by atoms with E-state index in [0.717, 1.165) is 11.4 Å². The Bertz CT molecular complexity index is 691. The molecule has 84 valence electrons. The highest BCUT2D eigenvalue weighted by atomic mass is 35.5. The Morgan fingerprint density at radius 3 is 2.88 bits per heavy atom. The minimum absolute atomic E-state index is 0.464. The van der Waals surface area contributed by atoms with Crippen LogP contribution in [0.4, 0.5) is 0 Å². The van der Waals surface area contributed by atoms with Crippen LogP contribution in [0.1, 0.15) is 5.69 Å². The molecule has 17 heavy (non-hydrogen) atoms. The van der Waals surface area contributed by atoms with Gasteiger partial charge in [0.2, 0.25) is 0 Å². The van der Waals surface area contributed by atoms with Crippen LogP contribution in [0.5, 0.6) is 0 Å². The van der Waals surface area contributed by atoms with Gasteiger partial charge in [-0.25, -0.2) is 4.98 Å². The number of hydrogen-bond acceptors (Lipinski definition) is 4. The van der Waals surface area contributed by atoms with Gasteiger partial charge in [0.15, 0.2) is 11.5 Å². The van der Waals surface area contributed by atoms with Crippen molar-refractivity contribution in [1.82, 2.24) is 24.6 Å². The molecule has 0 aliphatic carbocycles. The van der Waals surface area contributed by atoms with E-state index in [1.54, 1.807) is 16.8 Å². The van der Waals surface area contributed by atoms with Crippen molar-refractivity contribution in [1.29, 1.82) is 0 Å². The Morgan fingerprint density at radius 1 is 1.18 bits per heavy atom. The third-order valence-electron chi connectivity index (χ3n) is 2.39. The molecule has 0 fully saturated rings. The molecule has 0 aliphatic rings. The second-order valence-electron chi connectivity index (χ2n) is 3.61. The third-order valence-corrected chi connectivity index (χ3v) is 2.66. The van der Waals surface area contributed by atoms with Gasteiger partial charge in [-0.3, -0.25) is 9.38 Å². The van der Waals surface area contributed by atoms with Crippen LogP contribution in [0, 0.1) is 6.92 Å². The molecule has 3 aromatic heterocycles. The molecule has 6 heteroatoms. The second kappa shape index (κ2) is 3.78. The van der Waals surface area contributed by atoms with E-state index >= 15 is 0 Å². The fourth-order valence-electron chi connectivity index (χ4n) is 1.65. The van der Waals surface area contributed by atoms with E-state index < -0.39 is 0 Å². The van der Waals surface area contributed by atoms with Gasteiger partial charge in [0.05, 0.1) is 12.4 Å². The van der Waals surface area contributed by atoms with Crippen molar-refractivity contribution in [2.75, 3.05) is 0 Å². The molecule has 0 N–H and O–H groups in total. The van der Waals surface area contributed by atoms with Crippen molar-refractivity contribution < 1.29 is 0 Å². The van der Waals surface area contributed by atoms with Gasteiger partial charge in [-0.1, -0.05) is 17.7 Å². The van der Waals surface area contributed by atoms with Crippen molar-refractivity contribution in [3.05, 3.63) is 41.4 Å². The van der Waals surface area contributed by atoms with E-state index in [1.807, 2.05) is 25.1 Å². The quantitative estimate of drug-likeness (QED) is 0.659. The van der Waals surface area contributed by atoms with Gasteiger partial charge < -0.3 is 0 Å². The molecule has 3 rings (SSSR count). The lowest BCUT2D eigenvalue weighted by atomic mass is 10.3. The van der Waals surface area contributed by atoms with Crippen LogP contribution < -0.4 is 0 Å². The minimum atomic E-state index is 0.464. The fraction of sp³-hybridized carbons (Fsp3) is 0.0909. The van der Waals surface area contributed by atoms with Gasteiger partial charge in [0, 0.05) is 5.69 Å². The van der Waals surface area contributed by atoms with Crippen molar-refractivity contribution in [2.45, 2.75) is 6.92 Å². The van der Waals surface area contributed by atoms with Crippen molar-refractivity contribution >= 4 is 17.2 Å². The Hall–Kier alpha value is -2.01. The van der Waals surface area contributed by atoms with Crippen LogP contribution in [0.3, 0.4) is 0 Å². The number of aromatic nitrogens is 5. The lowest BCUT2D eigenvalue weighted by molar-refractivity contribution is 1.07. The summed E-state index contributed by atoms with van der Waals surface area (Å²) in [6.45, 7) is 1.93. The smallest absolute Gasteiger partial charge is 0.188 e. The molecule has 0 saturated heterocycles. The van der Waals surface area contributed by atoms with E-state index in [1.165, 1.54) is 0 Å². The number of nitrogens with zero attached hydrogens (tertiary/aromatic N) is 5. The predicted octanol–water partition coefficient (Wildman–Crippen LogP) is 2.15. The summed E-state index contributed by atoms with van der Waals surface area (Å²) >= 11 is 6.09. The first kappa shape index (κ1) is 10.2. The minimum Gasteiger partial charge on any atom is -0.261 e. The summed E-state index contributed by atoms with van der Waals surface area (Å²) in [4.78, 5) is 8.37. The van der Waals surface area contributed by atoms with Gasteiger partial charge in [-0.15, -0.1) is 10.2 Å². The lowest BCUT2D eigenvalue weighted by Crippen LogP contribution is -1.95. The summed E-state index contributed by atoms with van der Waals surface area (Å²) in [6.07, 6.45) is 3.16. The Morgan fingerprint density at radius 2 is 2.06 bits per heavy atom. The first-order chi connectivity index (χ1) is 8.25. The first-order valence-electron chi connectivity index (χ1n) is 5.04. The number of rotatable bonds is 1. The largest absolute Gasteiger partial charge is 0.261 e. The highest BCUT2D eigenvalue weighted by Gasteiger charge is 2.11. The van der Waals surface area contributed by atoms with Crippen LogP contribution in [0.2, 0.25) is 5.15 Å². The van der Waals surface area contributed by atoms with E-state index in [-0.39, 0.29) is 0 Å². The van der Waals surface area contributed by atoms with E-state index in [4.69, 9.17) is 11.6 Å². The van der Waals surface area contributed by atoms with Gasteiger partial charge >= 0.3 is 0 Å². The van der Waals surface area contributed by atoms with Crippen molar-refractivity contribution in [3.8, 4) is 11.5 Å². The van der Waals surface area contributed by atoms with E-state index in [9.17, 15) is 0 Å². The molecule has 5 nitrogen and oxygen atoms in total. The highest BCUT2D eigenvalue weighted by Crippen LogP contribution is 2.19. The molecule has 0 saturated carbocycles. The zero-order chi connectivity index (χ0) is 11.8. The number of halogens is 1. The number of hydrogen-bond donors (Lipinski definition) is 0. The monoisotopic (exact) mass is 245 g/mol. The lowest BCUT2D eigenvalue weighted by Gasteiger charge is -2.01. The first-order valence-corrected chi connectivity index (χ1v) is 5.42. The summed E-state index contributed by atoms with van der Waals surface area (Å²) in [5.74, 6) is 0.621. The average Bonchev–Trinajstić information content (AvgIpc) is 2.74. The predicted molar refractivity (Wildman–Crippen MR) is 63.8 cm³/mol. The number of pyridine rings is 1. The SMILES string of the molecule is Cc1cccc(-c2nnc3cncc(Cl)n23)n1. The fourth-order valence-corrected chi connectivity index (χ4v) is 1.87. The summed E-state index contributed by atoms with van der Waals surface area (Å²) in [6, 6.07) is 5.73. The van der Waals surface area contributed by atoms with Gasteiger partial charge in [-0.05, 0) is 19.1 Å². The number of aryl methyl sites for hydroxylation is 1. The Kier molecular flexibility index (Phi) is 2.26. The maximum atomic E-state index is 6.09. The summed E-state index contributed by atoms with van der Waals surface area (Å²) in [5.41, 5.74) is 2.27. The average molecular weight is 246 g/mol. The van der Waals surface area contributed by atoms with Crippen molar-refractivity contribution in [2.24, 2.45) is 0 Å². The molecule has 0 unspecified atom stereocenters. The van der Waals surface area contributed by atoms with Gasteiger partial charge in [0.25, 0.3) is 0 Å². The molecular formula is C11H8ClN5. The maximum absolute atomic E-state index is 6.09. The van der Waals surface area contributed by atoms with Gasteiger partial charge in [-0.2, -0.15) is 0 Å². The standard InChI is InChI=1S/C11H8ClN5/c1-7-3-2-4-8(14-7)11-16-15-10-6-13-5-9(12)17(10)11/h2-6H,1H3. The molecule has 0 atom stereocenters. The molecule has 0 aliphatic heterocycles. The topological polar surface area (TPSA) is 56.0 Å². The van der Waals surface area contributed by atoms with Crippen LogP contribution in [-0.4, -0.2) is 24.6 Å². The maximum Gasteiger partial charge on any atom is 0.188 e. The molecular weight excluding hydrogens is 238 g/mol. The molecule has 0 bridgehead atoms. The zero-order valence-corrected chi connectivity index (χ0v) is 9.76. The van der Waals surface area contributed by atoms with E-state index in [2.05, 4.69) is 20.2 Å². The molecule has 0 radical (unpaired) electrons. The molecule has 0 aromatic carbocycles. The van der Waals surface area contributed by atoms with Crippen LogP contribution in [0.25, 0.3) is 17.2 Å². The highest BCUT2D eigenvalue weighted by molar-refractivity contribution is 6.29. The van der Waals surface area contributed by atoms with Crippen LogP contribution in [-0.2, 0) is 0 Å². The summed E-state index contributed by atoms with van der Waals surface area (Å²) in [7, 11) is 0.